The molecule has 6 heteroatoms. The first-order chi connectivity index (χ1) is 14.0. The third-order valence-corrected chi connectivity index (χ3v) is 5.44. The summed E-state index contributed by atoms with van der Waals surface area (Å²) in [5.41, 5.74) is 3.54. The van der Waals surface area contributed by atoms with E-state index < -0.39 is 0 Å². The number of amides is 1. The summed E-state index contributed by atoms with van der Waals surface area (Å²) >= 11 is 5.93. The van der Waals surface area contributed by atoms with Crippen LogP contribution in [0.3, 0.4) is 0 Å². The average Bonchev–Trinajstić information content (AvgIpc) is 2.71. The Morgan fingerprint density at radius 1 is 1.10 bits per heavy atom. The number of halogens is 1. The van der Waals surface area contributed by atoms with Crippen molar-refractivity contribution in [3.05, 3.63) is 58.6 Å². The quantitative estimate of drug-likeness (QED) is 0.668. The standard InChI is InChI=1S/C23H30ClN3O2/c1-18-5-3-6-21(15-18)27-13-11-26(12-14-27)10-4-9-25-23(28)17-29-22-8-7-20(24)16-19(22)2/h3,5-8,15-16H,4,9-14,17H2,1-2H3,(H,25,28). The van der Waals surface area contributed by atoms with E-state index in [2.05, 4.69) is 46.3 Å². The molecule has 2 aromatic carbocycles. The van der Waals surface area contributed by atoms with Crippen LogP contribution in [-0.4, -0.2) is 56.7 Å². The van der Waals surface area contributed by atoms with Crippen LogP contribution >= 0.6 is 11.6 Å². The van der Waals surface area contributed by atoms with Gasteiger partial charge in [0, 0.05) is 43.4 Å². The van der Waals surface area contributed by atoms with E-state index in [0.29, 0.717) is 17.3 Å². The van der Waals surface area contributed by atoms with Gasteiger partial charge in [0.2, 0.25) is 0 Å². The second kappa shape index (κ2) is 10.5. The van der Waals surface area contributed by atoms with Crippen molar-refractivity contribution in [3.63, 3.8) is 0 Å². The molecule has 0 radical (unpaired) electrons. The van der Waals surface area contributed by atoms with Gasteiger partial charge in [0.05, 0.1) is 0 Å². The number of piperazine rings is 1. The summed E-state index contributed by atoms with van der Waals surface area (Å²) < 4.78 is 5.58. The molecule has 1 heterocycles. The molecule has 1 amide bonds. The summed E-state index contributed by atoms with van der Waals surface area (Å²) in [7, 11) is 0. The topological polar surface area (TPSA) is 44.8 Å². The van der Waals surface area contributed by atoms with Crippen LogP contribution in [0, 0.1) is 13.8 Å². The van der Waals surface area contributed by atoms with Crippen molar-refractivity contribution < 1.29 is 9.53 Å². The zero-order valence-electron chi connectivity index (χ0n) is 17.3. The number of anilines is 1. The van der Waals surface area contributed by atoms with Crippen LogP contribution < -0.4 is 15.0 Å². The van der Waals surface area contributed by atoms with Crippen molar-refractivity contribution in [1.29, 1.82) is 0 Å². The van der Waals surface area contributed by atoms with E-state index in [1.54, 1.807) is 12.1 Å². The number of hydrogen-bond donors (Lipinski definition) is 1. The van der Waals surface area contributed by atoms with Crippen molar-refractivity contribution in [3.8, 4) is 5.75 Å². The Morgan fingerprint density at radius 2 is 1.90 bits per heavy atom. The third kappa shape index (κ3) is 6.65. The molecule has 0 unspecified atom stereocenters. The second-order valence-electron chi connectivity index (χ2n) is 7.57. The second-order valence-corrected chi connectivity index (χ2v) is 8.01. The summed E-state index contributed by atoms with van der Waals surface area (Å²) in [6.45, 7) is 9.94. The Balaban J connectivity index is 1.29. The molecule has 0 aromatic heterocycles. The lowest BCUT2D eigenvalue weighted by atomic mass is 10.2. The first-order valence-electron chi connectivity index (χ1n) is 10.2. The lowest BCUT2D eigenvalue weighted by Crippen LogP contribution is -2.47. The summed E-state index contributed by atoms with van der Waals surface area (Å²) in [5, 5.41) is 3.60. The molecule has 0 atom stereocenters. The number of carbonyl (C=O) groups is 1. The minimum Gasteiger partial charge on any atom is -0.484 e. The molecule has 2 aromatic rings. The number of benzene rings is 2. The van der Waals surface area contributed by atoms with Gasteiger partial charge in [-0.05, 0) is 68.3 Å². The van der Waals surface area contributed by atoms with Crippen LogP contribution in [0.5, 0.6) is 5.75 Å². The number of nitrogens with zero attached hydrogens (tertiary/aromatic N) is 2. The van der Waals surface area contributed by atoms with Crippen LogP contribution in [-0.2, 0) is 4.79 Å². The van der Waals surface area contributed by atoms with Gasteiger partial charge in [-0.1, -0.05) is 23.7 Å². The van der Waals surface area contributed by atoms with Gasteiger partial charge in [-0.15, -0.1) is 0 Å². The smallest absolute Gasteiger partial charge is 0.257 e. The molecule has 0 spiro atoms. The van der Waals surface area contributed by atoms with Crippen molar-refractivity contribution in [2.45, 2.75) is 20.3 Å². The predicted molar refractivity (Wildman–Crippen MR) is 119 cm³/mol. The zero-order valence-corrected chi connectivity index (χ0v) is 18.0. The van der Waals surface area contributed by atoms with Crippen molar-refractivity contribution in [2.24, 2.45) is 0 Å². The van der Waals surface area contributed by atoms with Crippen molar-refractivity contribution in [1.82, 2.24) is 10.2 Å². The highest BCUT2D eigenvalue weighted by Crippen LogP contribution is 2.21. The van der Waals surface area contributed by atoms with E-state index in [1.807, 2.05) is 13.0 Å². The van der Waals surface area contributed by atoms with Gasteiger partial charge in [-0.2, -0.15) is 0 Å². The molecule has 5 nitrogen and oxygen atoms in total. The molecule has 1 fully saturated rings. The van der Waals surface area contributed by atoms with E-state index >= 15 is 0 Å². The minimum absolute atomic E-state index is 0.0254. The molecule has 0 bridgehead atoms. The Hall–Kier alpha value is -2.24. The Morgan fingerprint density at radius 3 is 2.62 bits per heavy atom. The molecule has 0 aliphatic carbocycles. The molecule has 1 aliphatic heterocycles. The largest absolute Gasteiger partial charge is 0.484 e. The average molecular weight is 416 g/mol. The number of carbonyl (C=O) groups excluding carboxylic acids is 1. The maximum absolute atomic E-state index is 12.0. The fourth-order valence-corrected chi connectivity index (χ4v) is 3.78. The van der Waals surface area contributed by atoms with Crippen LogP contribution in [0.2, 0.25) is 5.02 Å². The van der Waals surface area contributed by atoms with Gasteiger partial charge >= 0.3 is 0 Å². The highest BCUT2D eigenvalue weighted by Gasteiger charge is 2.16. The molecule has 0 saturated carbocycles. The molecule has 156 valence electrons. The SMILES string of the molecule is Cc1cccc(N2CCN(CCCNC(=O)COc3ccc(Cl)cc3C)CC2)c1. The fraction of sp³-hybridized carbons (Fsp3) is 0.435. The van der Waals surface area contributed by atoms with Gasteiger partial charge in [0.1, 0.15) is 5.75 Å². The highest BCUT2D eigenvalue weighted by atomic mass is 35.5. The molecule has 1 aliphatic rings. The maximum atomic E-state index is 12.0. The number of nitrogens with one attached hydrogen (secondary N) is 1. The van der Waals surface area contributed by atoms with E-state index in [4.69, 9.17) is 16.3 Å². The van der Waals surface area contributed by atoms with E-state index in [1.165, 1.54) is 11.3 Å². The molecule has 3 rings (SSSR count). The summed E-state index contributed by atoms with van der Waals surface area (Å²) in [4.78, 5) is 16.9. The summed E-state index contributed by atoms with van der Waals surface area (Å²) in [6, 6.07) is 14.1. The van der Waals surface area contributed by atoms with Crippen LogP contribution in [0.4, 0.5) is 5.69 Å². The van der Waals surface area contributed by atoms with Crippen LogP contribution in [0.1, 0.15) is 17.5 Å². The van der Waals surface area contributed by atoms with E-state index in [0.717, 1.165) is 44.7 Å². The predicted octanol–water partition coefficient (Wildman–Crippen LogP) is 3.66. The third-order valence-electron chi connectivity index (χ3n) is 5.21. The Bertz CT molecular complexity index is 820. The zero-order chi connectivity index (χ0) is 20.6. The first kappa shape index (κ1) is 21.5. The van der Waals surface area contributed by atoms with Gasteiger partial charge in [-0.25, -0.2) is 0 Å². The van der Waals surface area contributed by atoms with Gasteiger partial charge in [0.25, 0.3) is 5.91 Å². The van der Waals surface area contributed by atoms with Gasteiger partial charge < -0.3 is 15.0 Å². The lowest BCUT2D eigenvalue weighted by molar-refractivity contribution is -0.123. The lowest BCUT2D eigenvalue weighted by Gasteiger charge is -2.36. The first-order valence-corrected chi connectivity index (χ1v) is 10.6. The Kier molecular flexibility index (Phi) is 7.78. The van der Waals surface area contributed by atoms with Gasteiger partial charge in [-0.3, -0.25) is 9.69 Å². The summed E-state index contributed by atoms with van der Waals surface area (Å²) in [5.74, 6) is 0.597. The van der Waals surface area contributed by atoms with Crippen LogP contribution in [0.15, 0.2) is 42.5 Å². The van der Waals surface area contributed by atoms with Crippen molar-refractivity contribution >= 4 is 23.2 Å². The van der Waals surface area contributed by atoms with Crippen LogP contribution in [0.25, 0.3) is 0 Å². The normalized spacial score (nSPS) is 14.7. The minimum atomic E-state index is -0.0939. The molecule has 1 saturated heterocycles. The maximum Gasteiger partial charge on any atom is 0.257 e. The van der Waals surface area contributed by atoms with E-state index in [-0.39, 0.29) is 12.5 Å². The highest BCUT2D eigenvalue weighted by molar-refractivity contribution is 6.30. The number of ether oxygens (including phenoxy) is 1. The monoisotopic (exact) mass is 415 g/mol. The van der Waals surface area contributed by atoms with E-state index in [9.17, 15) is 4.79 Å². The fourth-order valence-electron chi connectivity index (χ4n) is 3.55. The Labute approximate surface area is 178 Å². The number of hydrogen-bond acceptors (Lipinski definition) is 4. The number of rotatable bonds is 8. The number of aryl methyl sites for hydroxylation is 2. The molecular weight excluding hydrogens is 386 g/mol. The molecule has 1 N–H and O–H groups in total. The molecule has 29 heavy (non-hydrogen) atoms. The summed E-state index contributed by atoms with van der Waals surface area (Å²) in [6.07, 6.45) is 0.941. The van der Waals surface area contributed by atoms with Gasteiger partial charge in [0.15, 0.2) is 6.61 Å². The molecular formula is C23H30ClN3O2. The van der Waals surface area contributed by atoms with Crippen molar-refractivity contribution in [2.75, 3.05) is 50.8 Å².